The number of hydrogen-bond acceptors (Lipinski definition) is 20. The fourth-order valence-electron chi connectivity index (χ4n) is 4.82. The number of anilines is 1. The number of nitrogens with one attached hydrogen (secondary N) is 1. The van der Waals surface area contributed by atoms with Gasteiger partial charge in [-0.05, 0) is 0 Å². The Morgan fingerprint density at radius 3 is 2.10 bits per heavy atom. The first-order chi connectivity index (χ1) is 23.6. The van der Waals surface area contributed by atoms with Crippen molar-refractivity contribution in [3.8, 4) is 0 Å². The van der Waals surface area contributed by atoms with Crippen molar-refractivity contribution in [3.05, 3.63) is 45.8 Å². The summed E-state index contributed by atoms with van der Waals surface area (Å²) in [5, 5.41) is 32.0. The summed E-state index contributed by atoms with van der Waals surface area (Å²) in [6.45, 7) is -2.29. The van der Waals surface area contributed by atoms with E-state index in [1.54, 1.807) is 0 Å². The number of rotatable bonds is 14. The second kappa shape index (κ2) is 14.6. The number of aliphatic hydroxyl groups excluding tert-OH is 3. The molecular weight excluding hydrogens is 786 g/mol. The van der Waals surface area contributed by atoms with Gasteiger partial charge >= 0.3 is 37.0 Å². The van der Waals surface area contributed by atoms with E-state index in [0.29, 0.717) is 0 Å². The highest BCUT2D eigenvalue weighted by Gasteiger charge is 2.52. The van der Waals surface area contributed by atoms with E-state index in [1.165, 1.54) is 0 Å². The second-order valence-electron chi connectivity index (χ2n) is 10.4. The Morgan fingerprint density at radius 1 is 0.804 bits per heavy atom. The maximum Gasteiger partial charge on any atom is 0.490 e. The van der Waals surface area contributed by atoms with Gasteiger partial charge in [0, 0.05) is 12.3 Å². The molecule has 2 fully saturated rings. The summed E-state index contributed by atoms with van der Waals surface area (Å²) >= 11 is 0. The van der Waals surface area contributed by atoms with Crippen molar-refractivity contribution in [3.63, 3.8) is 0 Å². The van der Waals surface area contributed by atoms with Gasteiger partial charge in [-0.3, -0.25) is 32.5 Å². The standard InChI is InChI=1S/C19H27N7O21P4/c20-15-10-16(22-5-21-15)26(6-23-10)18-13(30)14(8(44-18)4-42-50(37,38)47-51(39,40)46-48(32,33)34)45-49(35,36)41-3-7-11(28)12(29)17(43-7)25-2-1-9(27)24-19(25)31/h1-2,5-8,11-14,17-18,28-30H,3-4H2,(H,35,36)(H,37,38)(H,39,40)(H2,20,21,22)(H,24,27,31)(H2,32,33,34)/t7-,8-,11-,12-,13-,14-,17-,18-/m1/s1. The number of fused-ring (bicyclic) bond motifs is 1. The minimum atomic E-state index is -5.95. The molecule has 0 amide bonds. The summed E-state index contributed by atoms with van der Waals surface area (Å²) in [5.74, 6) is -0.106. The smallest absolute Gasteiger partial charge is 0.387 e. The molecule has 2 saturated heterocycles. The monoisotopic (exact) mass is 813 g/mol. The molecule has 32 heteroatoms. The van der Waals surface area contributed by atoms with Crippen molar-refractivity contribution in [1.29, 1.82) is 0 Å². The van der Waals surface area contributed by atoms with E-state index in [4.69, 9.17) is 34.0 Å². The molecule has 2 aliphatic heterocycles. The van der Waals surface area contributed by atoms with Crippen LogP contribution < -0.4 is 17.0 Å². The maximum atomic E-state index is 13.1. The number of nitrogens with zero attached hydrogens (tertiary/aromatic N) is 5. The van der Waals surface area contributed by atoms with Gasteiger partial charge in [0.05, 0.1) is 19.5 Å². The number of aromatic nitrogens is 6. The van der Waals surface area contributed by atoms with E-state index in [0.717, 1.165) is 34.1 Å². The van der Waals surface area contributed by atoms with E-state index in [9.17, 15) is 57.8 Å². The van der Waals surface area contributed by atoms with E-state index >= 15 is 0 Å². The lowest BCUT2D eigenvalue weighted by Gasteiger charge is -2.24. The van der Waals surface area contributed by atoms with Crippen LogP contribution in [0.4, 0.5) is 5.82 Å². The van der Waals surface area contributed by atoms with Crippen LogP contribution in [0.1, 0.15) is 12.5 Å². The van der Waals surface area contributed by atoms with Crippen LogP contribution in [0.3, 0.4) is 0 Å². The number of ether oxygens (including phenoxy) is 2. The molecule has 0 bridgehead atoms. The molecule has 3 aromatic heterocycles. The predicted molar refractivity (Wildman–Crippen MR) is 157 cm³/mol. The van der Waals surface area contributed by atoms with Gasteiger partial charge in [0.25, 0.3) is 5.56 Å². The first kappa shape index (κ1) is 39.6. The van der Waals surface area contributed by atoms with Crippen molar-refractivity contribution < 1.29 is 89.7 Å². The number of aliphatic hydroxyl groups is 3. The summed E-state index contributed by atoms with van der Waals surface area (Å²) in [4.78, 5) is 84.4. The second-order valence-corrected chi connectivity index (χ2v) is 16.2. The third-order valence-electron chi connectivity index (χ3n) is 6.91. The van der Waals surface area contributed by atoms with Gasteiger partial charge in [-0.2, -0.15) is 8.62 Å². The number of phosphoric acid groups is 4. The first-order valence-corrected chi connectivity index (χ1v) is 19.6. The molecule has 11 atom stereocenters. The molecule has 284 valence electrons. The van der Waals surface area contributed by atoms with Crippen LogP contribution in [0, 0.1) is 0 Å². The Bertz CT molecular complexity index is 2070. The average molecular weight is 813 g/mol. The highest BCUT2D eigenvalue weighted by molar-refractivity contribution is 7.66. The van der Waals surface area contributed by atoms with Gasteiger partial charge in [0.1, 0.15) is 48.5 Å². The van der Waals surface area contributed by atoms with E-state index in [2.05, 4.69) is 28.1 Å². The van der Waals surface area contributed by atoms with Crippen LogP contribution in [-0.2, 0) is 49.9 Å². The average Bonchev–Trinajstić information content (AvgIpc) is 3.64. The number of aromatic amines is 1. The van der Waals surface area contributed by atoms with Crippen LogP contribution in [-0.4, -0.2) is 119 Å². The first-order valence-electron chi connectivity index (χ1n) is 13.6. The number of nitrogen functional groups attached to an aromatic ring is 1. The minimum Gasteiger partial charge on any atom is -0.387 e. The molecule has 3 unspecified atom stereocenters. The highest BCUT2D eigenvalue weighted by Crippen LogP contribution is 2.66. The topological polar surface area (TPSA) is 419 Å². The largest absolute Gasteiger partial charge is 0.490 e. The Kier molecular flexibility index (Phi) is 11.4. The molecule has 0 aromatic carbocycles. The van der Waals surface area contributed by atoms with Gasteiger partial charge in [-0.25, -0.2) is 38.0 Å². The fraction of sp³-hybridized carbons (Fsp3) is 0.526. The molecule has 2 aliphatic rings. The van der Waals surface area contributed by atoms with Crippen LogP contribution in [0.5, 0.6) is 0 Å². The number of nitrogens with two attached hydrogens (primary N) is 1. The Hall–Kier alpha value is -2.65. The predicted octanol–water partition coefficient (Wildman–Crippen LogP) is -3.32. The Balaban J connectivity index is 1.33. The lowest BCUT2D eigenvalue weighted by atomic mass is 10.1. The quantitative estimate of drug-likeness (QED) is 0.0712. The lowest BCUT2D eigenvalue weighted by Crippen LogP contribution is -2.38. The molecule has 0 radical (unpaired) electrons. The summed E-state index contributed by atoms with van der Waals surface area (Å²) < 4.78 is 82.7. The van der Waals surface area contributed by atoms with Gasteiger partial charge in [0.2, 0.25) is 0 Å². The van der Waals surface area contributed by atoms with Crippen molar-refractivity contribution in [2.75, 3.05) is 18.9 Å². The molecule has 5 rings (SSSR count). The molecular formula is C19H27N7O21P4. The highest BCUT2D eigenvalue weighted by atomic mass is 31.3. The van der Waals surface area contributed by atoms with E-state index in [-0.39, 0.29) is 17.0 Å². The van der Waals surface area contributed by atoms with Crippen LogP contribution >= 0.6 is 31.3 Å². The van der Waals surface area contributed by atoms with Crippen molar-refractivity contribution in [2.45, 2.75) is 49.1 Å². The molecule has 11 N–H and O–H groups in total. The van der Waals surface area contributed by atoms with Crippen molar-refractivity contribution in [1.82, 2.24) is 29.1 Å². The summed E-state index contributed by atoms with van der Waals surface area (Å²) in [7, 11) is -22.9. The number of imidazole rings is 1. The normalized spacial score (nSPS) is 30.6. The van der Waals surface area contributed by atoms with Crippen LogP contribution in [0.2, 0.25) is 0 Å². The lowest BCUT2D eigenvalue weighted by molar-refractivity contribution is -0.0607. The molecule has 0 saturated carbocycles. The minimum absolute atomic E-state index is 0.0124. The molecule has 51 heavy (non-hydrogen) atoms. The number of phosphoric ester groups is 2. The Morgan fingerprint density at radius 2 is 1.43 bits per heavy atom. The number of hydrogen-bond donors (Lipinski definition) is 10. The van der Waals surface area contributed by atoms with Crippen LogP contribution in [0.25, 0.3) is 11.2 Å². The van der Waals surface area contributed by atoms with Crippen molar-refractivity contribution >= 4 is 48.3 Å². The van der Waals surface area contributed by atoms with E-state index in [1.807, 2.05) is 4.98 Å². The molecule has 5 heterocycles. The van der Waals surface area contributed by atoms with Gasteiger partial charge < -0.3 is 55.0 Å². The van der Waals surface area contributed by atoms with Crippen molar-refractivity contribution in [2.24, 2.45) is 0 Å². The maximum absolute atomic E-state index is 13.1. The third kappa shape index (κ3) is 9.30. The summed E-state index contributed by atoms with van der Waals surface area (Å²) in [5.41, 5.74) is 3.93. The summed E-state index contributed by atoms with van der Waals surface area (Å²) in [6, 6.07) is 0.917. The van der Waals surface area contributed by atoms with Gasteiger partial charge in [0.15, 0.2) is 23.9 Å². The number of H-pyrrole nitrogens is 1. The van der Waals surface area contributed by atoms with Gasteiger partial charge in [-0.15, -0.1) is 0 Å². The summed E-state index contributed by atoms with van der Waals surface area (Å²) in [6.07, 6.45) is -11.5. The zero-order valence-corrected chi connectivity index (χ0v) is 28.4. The zero-order valence-electron chi connectivity index (χ0n) is 24.8. The Labute approximate surface area is 281 Å². The molecule has 0 aliphatic carbocycles. The van der Waals surface area contributed by atoms with Gasteiger partial charge in [-0.1, -0.05) is 0 Å². The third-order valence-corrected chi connectivity index (χ3v) is 11.7. The van der Waals surface area contributed by atoms with E-state index < -0.39 is 105 Å². The zero-order chi connectivity index (χ0) is 37.7. The SMILES string of the molecule is Nc1ncnc2c1ncn2[C@@H]1O[C@H](COP(=O)(O)OP(=O)(O)OP(=O)(O)O)[C@@H](OP(=O)(O)OC[C@H]2O[C@@H](n3ccc(=O)[nH]c3=O)[C@H](O)[C@@H]2O)[C@H]1O. The molecule has 28 nitrogen and oxygen atoms in total. The molecule has 0 spiro atoms. The van der Waals surface area contributed by atoms with Crippen LogP contribution in [0.15, 0.2) is 34.5 Å². The molecule has 3 aromatic rings. The fourth-order valence-corrected chi connectivity index (χ4v) is 8.81.